The topological polar surface area (TPSA) is 58.2 Å². The molecular weight excluding hydrogens is 240 g/mol. The molecular formula is C15H22N2O2. The summed E-state index contributed by atoms with van der Waals surface area (Å²) in [6.07, 6.45) is 3.36. The number of hydrogen-bond acceptors (Lipinski definition) is 2. The van der Waals surface area contributed by atoms with Crippen molar-refractivity contribution in [3.05, 3.63) is 29.8 Å². The van der Waals surface area contributed by atoms with E-state index in [2.05, 4.69) is 17.6 Å². The highest BCUT2D eigenvalue weighted by molar-refractivity contribution is 6.39. The largest absolute Gasteiger partial charge is 0.346 e. The molecule has 0 fully saturated rings. The Bertz CT molecular complexity index is 424. The second kappa shape index (κ2) is 7.56. The quantitative estimate of drug-likeness (QED) is 0.801. The molecule has 4 heteroatoms. The van der Waals surface area contributed by atoms with Crippen LogP contribution in [0.2, 0.25) is 0 Å². The molecule has 0 radical (unpaired) electrons. The standard InChI is InChI=1S/C15H22N2O2/c1-4-5-6-12-7-9-13(10-8-12)17-15(19)14(18)16-11(2)3/h7-11H,4-6H2,1-3H3,(H,16,18)(H,17,19). The number of amides is 2. The number of carbonyl (C=O) groups excluding carboxylic acids is 2. The molecule has 0 heterocycles. The first-order valence-corrected chi connectivity index (χ1v) is 6.73. The maximum absolute atomic E-state index is 11.6. The zero-order chi connectivity index (χ0) is 14.3. The summed E-state index contributed by atoms with van der Waals surface area (Å²) < 4.78 is 0. The zero-order valence-corrected chi connectivity index (χ0v) is 11.8. The molecule has 0 aliphatic rings. The van der Waals surface area contributed by atoms with E-state index in [-0.39, 0.29) is 6.04 Å². The van der Waals surface area contributed by atoms with Gasteiger partial charge in [0.05, 0.1) is 0 Å². The monoisotopic (exact) mass is 262 g/mol. The van der Waals surface area contributed by atoms with Crippen molar-refractivity contribution in [3.63, 3.8) is 0 Å². The number of hydrogen-bond donors (Lipinski definition) is 2. The Balaban J connectivity index is 2.53. The van der Waals surface area contributed by atoms with Gasteiger partial charge in [-0.1, -0.05) is 25.5 Å². The summed E-state index contributed by atoms with van der Waals surface area (Å²) in [5.41, 5.74) is 1.88. The van der Waals surface area contributed by atoms with Crippen LogP contribution in [0.3, 0.4) is 0 Å². The van der Waals surface area contributed by atoms with Gasteiger partial charge >= 0.3 is 11.8 Å². The van der Waals surface area contributed by atoms with Crippen molar-refractivity contribution in [2.24, 2.45) is 0 Å². The summed E-state index contributed by atoms with van der Waals surface area (Å²) in [6.45, 7) is 5.78. The predicted octanol–water partition coefficient (Wildman–Crippen LogP) is 2.49. The van der Waals surface area contributed by atoms with Crippen LogP contribution in [-0.2, 0) is 16.0 Å². The Kier molecular flexibility index (Phi) is 6.06. The van der Waals surface area contributed by atoms with Crippen LogP contribution in [0.4, 0.5) is 5.69 Å². The van der Waals surface area contributed by atoms with E-state index in [4.69, 9.17) is 0 Å². The van der Waals surface area contributed by atoms with E-state index in [0.29, 0.717) is 5.69 Å². The van der Waals surface area contributed by atoms with Gasteiger partial charge in [-0.3, -0.25) is 9.59 Å². The summed E-state index contributed by atoms with van der Waals surface area (Å²) >= 11 is 0. The van der Waals surface area contributed by atoms with Crippen LogP contribution in [-0.4, -0.2) is 17.9 Å². The van der Waals surface area contributed by atoms with Crippen LogP contribution in [0, 0.1) is 0 Å². The van der Waals surface area contributed by atoms with Gasteiger partial charge in [0.1, 0.15) is 0 Å². The predicted molar refractivity (Wildman–Crippen MR) is 77.0 cm³/mol. The molecule has 1 aromatic carbocycles. The second-order valence-electron chi connectivity index (χ2n) is 4.88. The Hall–Kier alpha value is -1.84. The number of unbranched alkanes of at least 4 members (excludes halogenated alkanes) is 1. The highest BCUT2D eigenvalue weighted by Gasteiger charge is 2.14. The minimum absolute atomic E-state index is 0.0466. The van der Waals surface area contributed by atoms with E-state index in [1.54, 1.807) is 0 Å². The Morgan fingerprint density at radius 3 is 2.26 bits per heavy atom. The molecule has 2 amide bonds. The summed E-state index contributed by atoms with van der Waals surface area (Å²) in [7, 11) is 0. The van der Waals surface area contributed by atoms with Gasteiger partial charge in [0, 0.05) is 11.7 Å². The van der Waals surface area contributed by atoms with E-state index >= 15 is 0 Å². The first kappa shape index (κ1) is 15.2. The summed E-state index contributed by atoms with van der Waals surface area (Å²) in [5.74, 6) is -1.24. The minimum Gasteiger partial charge on any atom is -0.346 e. The number of carbonyl (C=O) groups is 2. The molecule has 1 aromatic rings. The fraction of sp³-hybridized carbons (Fsp3) is 0.467. The third-order valence-corrected chi connectivity index (χ3v) is 2.66. The van der Waals surface area contributed by atoms with Crippen molar-refractivity contribution < 1.29 is 9.59 Å². The molecule has 0 saturated carbocycles. The molecule has 19 heavy (non-hydrogen) atoms. The number of aryl methyl sites for hydroxylation is 1. The normalized spacial score (nSPS) is 10.3. The molecule has 2 N–H and O–H groups in total. The lowest BCUT2D eigenvalue weighted by molar-refractivity contribution is -0.136. The average Bonchev–Trinajstić information content (AvgIpc) is 2.37. The van der Waals surface area contributed by atoms with Gasteiger partial charge in [0.25, 0.3) is 0 Å². The fourth-order valence-electron chi connectivity index (χ4n) is 1.65. The number of anilines is 1. The van der Waals surface area contributed by atoms with Crippen molar-refractivity contribution in [3.8, 4) is 0 Å². The van der Waals surface area contributed by atoms with E-state index in [9.17, 15) is 9.59 Å². The van der Waals surface area contributed by atoms with E-state index in [1.165, 1.54) is 5.56 Å². The van der Waals surface area contributed by atoms with E-state index in [0.717, 1.165) is 19.3 Å². The first-order chi connectivity index (χ1) is 9.02. The summed E-state index contributed by atoms with van der Waals surface area (Å²) in [5, 5.41) is 5.13. The molecule has 0 unspecified atom stereocenters. The smallest absolute Gasteiger partial charge is 0.313 e. The molecule has 0 spiro atoms. The lowest BCUT2D eigenvalue weighted by Gasteiger charge is -2.09. The van der Waals surface area contributed by atoms with Crippen LogP contribution >= 0.6 is 0 Å². The van der Waals surface area contributed by atoms with Crippen LogP contribution in [0.15, 0.2) is 24.3 Å². The van der Waals surface area contributed by atoms with Crippen molar-refractivity contribution >= 4 is 17.5 Å². The van der Waals surface area contributed by atoms with Crippen LogP contribution in [0.25, 0.3) is 0 Å². The number of nitrogens with one attached hydrogen (secondary N) is 2. The Morgan fingerprint density at radius 1 is 1.11 bits per heavy atom. The van der Waals surface area contributed by atoms with Gasteiger partial charge in [-0.25, -0.2) is 0 Å². The van der Waals surface area contributed by atoms with Gasteiger partial charge < -0.3 is 10.6 Å². The van der Waals surface area contributed by atoms with Gasteiger partial charge in [0.2, 0.25) is 0 Å². The SMILES string of the molecule is CCCCc1ccc(NC(=O)C(=O)NC(C)C)cc1. The maximum Gasteiger partial charge on any atom is 0.313 e. The third kappa shape index (κ3) is 5.55. The van der Waals surface area contributed by atoms with Crippen LogP contribution in [0.1, 0.15) is 39.2 Å². The highest BCUT2D eigenvalue weighted by atomic mass is 16.2. The van der Waals surface area contributed by atoms with E-state index < -0.39 is 11.8 Å². The van der Waals surface area contributed by atoms with Gasteiger partial charge in [-0.05, 0) is 44.4 Å². The highest BCUT2D eigenvalue weighted by Crippen LogP contribution is 2.11. The molecule has 1 rings (SSSR count). The maximum atomic E-state index is 11.6. The molecule has 0 atom stereocenters. The lowest BCUT2D eigenvalue weighted by atomic mass is 10.1. The number of benzene rings is 1. The summed E-state index contributed by atoms with van der Waals surface area (Å²) in [4.78, 5) is 23.0. The third-order valence-electron chi connectivity index (χ3n) is 2.66. The molecule has 104 valence electrons. The Morgan fingerprint density at radius 2 is 1.74 bits per heavy atom. The van der Waals surface area contributed by atoms with Gasteiger partial charge in [-0.15, -0.1) is 0 Å². The molecule has 0 saturated heterocycles. The molecule has 0 aliphatic heterocycles. The average molecular weight is 262 g/mol. The first-order valence-electron chi connectivity index (χ1n) is 6.73. The molecule has 0 aromatic heterocycles. The van der Waals surface area contributed by atoms with Crippen molar-refractivity contribution in [2.45, 2.75) is 46.1 Å². The van der Waals surface area contributed by atoms with Crippen molar-refractivity contribution in [1.29, 1.82) is 0 Å². The molecule has 0 bridgehead atoms. The van der Waals surface area contributed by atoms with Crippen LogP contribution in [0.5, 0.6) is 0 Å². The molecule has 4 nitrogen and oxygen atoms in total. The zero-order valence-electron chi connectivity index (χ0n) is 11.8. The Labute approximate surface area is 114 Å². The fourth-order valence-corrected chi connectivity index (χ4v) is 1.65. The number of rotatable bonds is 5. The lowest BCUT2D eigenvalue weighted by Crippen LogP contribution is -2.39. The van der Waals surface area contributed by atoms with Crippen LogP contribution < -0.4 is 10.6 Å². The van der Waals surface area contributed by atoms with Crippen molar-refractivity contribution in [1.82, 2.24) is 5.32 Å². The second-order valence-corrected chi connectivity index (χ2v) is 4.88. The van der Waals surface area contributed by atoms with Gasteiger partial charge in [0.15, 0.2) is 0 Å². The van der Waals surface area contributed by atoms with Crippen molar-refractivity contribution in [2.75, 3.05) is 5.32 Å². The molecule has 0 aliphatic carbocycles. The summed E-state index contributed by atoms with van der Waals surface area (Å²) in [6, 6.07) is 7.56. The van der Waals surface area contributed by atoms with E-state index in [1.807, 2.05) is 38.1 Å². The van der Waals surface area contributed by atoms with Gasteiger partial charge in [-0.2, -0.15) is 0 Å². The minimum atomic E-state index is -0.630.